The molecule has 2 aromatic rings. The maximum Gasteiger partial charge on any atom is 0.255 e. The summed E-state index contributed by atoms with van der Waals surface area (Å²) in [6, 6.07) is 12.6. The Labute approximate surface area is 144 Å². The van der Waals surface area contributed by atoms with E-state index >= 15 is 0 Å². The second kappa shape index (κ2) is 8.58. The van der Waals surface area contributed by atoms with Gasteiger partial charge in [-0.15, -0.1) is 0 Å². The number of rotatable bonds is 7. The number of carbonyl (C=O) groups excluding carboxylic acids is 1. The minimum absolute atomic E-state index is 0.170. The van der Waals surface area contributed by atoms with Gasteiger partial charge >= 0.3 is 0 Å². The molecule has 0 radical (unpaired) electrons. The molecule has 4 nitrogen and oxygen atoms in total. The topological polar surface area (TPSA) is 47.6 Å². The standard InChI is InChI=1S/C18H20BrNO3/c1-3-11-23-15-8-6-14(7-9-15)20-18(21)13-5-10-17(22-4-2)16(19)12-13/h5-10,12H,3-4,11H2,1-2H3,(H,20,21). The number of ether oxygens (including phenoxy) is 2. The van der Waals surface area contributed by atoms with Crippen molar-refractivity contribution in [2.75, 3.05) is 18.5 Å². The number of hydrogen-bond acceptors (Lipinski definition) is 3. The van der Waals surface area contributed by atoms with Gasteiger partial charge in [-0.3, -0.25) is 4.79 Å². The number of benzene rings is 2. The summed E-state index contributed by atoms with van der Waals surface area (Å²) >= 11 is 3.41. The fraction of sp³-hybridized carbons (Fsp3) is 0.278. The van der Waals surface area contributed by atoms with Crippen molar-refractivity contribution in [1.82, 2.24) is 0 Å². The third-order valence-corrected chi connectivity index (χ3v) is 3.70. The van der Waals surface area contributed by atoms with E-state index in [9.17, 15) is 4.79 Å². The predicted octanol–water partition coefficient (Wildman–Crippen LogP) is 4.89. The lowest BCUT2D eigenvalue weighted by atomic mass is 10.2. The average molecular weight is 378 g/mol. The van der Waals surface area contributed by atoms with Crippen LogP contribution in [0.5, 0.6) is 11.5 Å². The number of anilines is 1. The van der Waals surface area contributed by atoms with Crippen LogP contribution in [0.25, 0.3) is 0 Å². The van der Waals surface area contributed by atoms with Crippen LogP contribution >= 0.6 is 15.9 Å². The Morgan fingerprint density at radius 1 is 1.09 bits per heavy atom. The average Bonchev–Trinajstić information content (AvgIpc) is 2.56. The molecule has 5 heteroatoms. The molecule has 0 aromatic heterocycles. The molecule has 0 bridgehead atoms. The lowest BCUT2D eigenvalue weighted by Gasteiger charge is -2.10. The summed E-state index contributed by atoms with van der Waals surface area (Å²) in [6.07, 6.45) is 0.963. The molecule has 0 spiro atoms. The lowest BCUT2D eigenvalue weighted by molar-refractivity contribution is 0.102. The fourth-order valence-electron chi connectivity index (χ4n) is 1.97. The maximum absolute atomic E-state index is 12.3. The number of carbonyl (C=O) groups is 1. The first-order valence-corrected chi connectivity index (χ1v) is 8.40. The van der Waals surface area contributed by atoms with Crippen LogP contribution in [0.1, 0.15) is 30.6 Å². The van der Waals surface area contributed by atoms with Crippen LogP contribution in [0.3, 0.4) is 0 Å². The summed E-state index contributed by atoms with van der Waals surface area (Å²) in [5.74, 6) is 1.35. The molecule has 1 amide bonds. The summed E-state index contributed by atoms with van der Waals surface area (Å²) in [7, 11) is 0. The predicted molar refractivity (Wildman–Crippen MR) is 95.5 cm³/mol. The molecule has 0 saturated carbocycles. The molecule has 2 rings (SSSR count). The smallest absolute Gasteiger partial charge is 0.255 e. The van der Waals surface area contributed by atoms with Crippen LogP contribution in [-0.2, 0) is 0 Å². The third kappa shape index (κ3) is 4.99. The van der Waals surface area contributed by atoms with Crippen molar-refractivity contribution in [1.29, 1.82) is 0 Å². The van der Waals surface area contributed by atoms with E-state index in [2.05, 4.69) is 28.2 Å². The summed E-state index contributed by atoms with van der Waals surface area (Å²) in [4.78, 5) is 12.3. The number of amides is 1. The third-order valence-electron chi connectivity index (χ3n) is 3.08. The second-order valence-electron chi connectivity index (χ2n) is 4.91. The van der Waals surface area contributed by atoms with Gasteiger partial charge in [0.15, 0.2) is 0 Å². The van der Waals surface area contributed by atoms with E-state index in [1.54, 1.807) is 18.2 Å². The molecule has 0 fully saturated rings. The van der Waals surface area contributed by atoms with Crippen molar-refractivity contribution in [2.45, 2.75) is 20.3 Å². The van der Waals surface area contributed by atoms with Gasteiger partial charge in [-0.05, 0) is 71.7 Å². The summed E-state index contributed by atoms with van der Waals surface area (Å²) in [5, 5.41) is 2.86. The first-order chi connectivity index (χ1) is 11.1. The van der Waals surface area contributed by atoms with Crippen molar-refractivity contribution >= 4 is 27.5 Å². The fourth-order valence-corrected chi connectivity index (χ4v) is 2.47. The highest BCUT2D eigenvalue weighted by Gasteiger charge is 2.09. The summed E-state index contributed by atoms with van der Waals surface area (Å²) in [6.45, 7) is 5.24. The van der Waals surface area contributed by atoms with E-state index < -0.39 is 0 Å². The van der Waals surface area contributed by atoms with Gasteiger partial charge in [-0.25, -0.2) is 0 Å². The highest BCUT2D eigenvalue weighted by Crippen LogP contribution is 2.26. The SMILES string of the molecule is CCCOc1ccc(NC(=O)c2ccc(OCC)c(Br)c2)cc1. The molecular formula is C18H20BrNO3. The zero-order valence-electron chi connectivity index (χ0n) is 13.3. The molecule has 1 N–H and O–H groups in total. The molecule has 0 unspecified atom stereocenters. The quantitative estimate of drug-likeness (QED) is 0.746. The van der Waals surface area contributed by atoms with Crippen LogP contribution < -0.4 is 14.8 Å². The van der Waals surface area contributed by atoms with Gasteiger partial charge < -0.3 is 14.8 Å². The number of hydrogen-bond donors (Lipinski definition) is 1. The van der Waals surface area contributed by atoms with Crippen LogP contribution in [0.15, 0.2) is 46.9 Å². The van der Waals surface area contributed by atoms with E-state index in [1.807, 2.05) is 31.2 Å². The highest BCUT2D eigenvalue weighted by atomic mass is 79.9. The van der Waals surface area contributed by atoms with Crippen molar-refractivity contribution in [3.63, 3.8) is 0 Å². The van der Waals surface area contributed by atoms with Gasteiger partial charge in [0.2, 0.25) is 0 Å². The summed E-state index contributed by atoms with van der Waals surface area (Å²) in [5.41, 5.74) is 1.29. The Morgan fingerprint density at radius 3 is 2.43 bits per heavy atom. The second-order valence-corrected chi connectivity index (χ2v) is 5.76. The first kappa shape index (κ1) is 17.3. The van der Waals surface area contributed by atoms with E-state index in [-0.39, 0.29) is 5.91 Å². The molecule has 0 aliphatic rings. The molecule has 0 atom stereocenters. The highest BCUT2D eigenvalue weighted by molar-refractivity contribution is 9.10. The van der Waals surface area contributed by atoms with Crippen molar-refractivity contribution in [2.24, 2.45) is 0 Å². The van der Waals surface area contributed by atoms with Crippen LogP contribution in [-0.4, -0.2) is 19.1 Å². The van der Waals surface area contributed by atoms with Gasteiger partial charge in [-0.2, -0.15) is 0 Å². The van der Waals surface area contributed by atoms with Crippen LogP contribution in [0.4, 0.5) is 5.69 Å². The van der Waals surface area contributed by atoms with Gasteiger partial charge in [0, 0.05) is 11.3 Å². The Balaban J connectivity index is 2.02. The van der Waals surface area contributed by atoms with E-state index in [0.717, 1.165) is 28.1 Å². The van der Waals surface area contributed by atoms with Gasteiger partial charge in [0.05, 0.1) is 17.7 Å². The molecule has 23 heavy (non-hydrogen) atoms. The Kier molecular flexibility index (Phi) is 6.47. The van der Waals surface area contributed by atoms with Gasteiger partial charge in [-0.1, -0.05) is 6.92 Å². The Hall–Kier alpha value is -2.01. The van der Waals surface area contributed by atoms with Crippen LogP contribution in [0, 0.1) is 0 Å². The van der Waals surface area contributed by atoms with Crippen molar-refractivity contribution < 1.29 is 14.3 Å². The Morgan fingerprint density at radius 2 is 1.83 bits per heavy atom. The van der Waals surface area contributed by atoms with E-state index in [1.165, 1.54) is 0 Å². The minimum atomic E-state index is -0.170. The first-order valence-electron chi connectivity index (χ1n) is 7.60. The molecule has 122 valence electrons. The molecule has 2 aromatic carbocycles. The van der Waals surface area contributed by atoms with Crippen LogP contribution in [0.2, 0.25) is 0 Å². The van der Waals surface area contributed by atoms with Crippen molar-refractivity contribution in [3.05, 3.63) is 52.5 Å². The van der Waals surface area contributed by atoms with Gasteiger partial charge in [0.25, 0.3) is 5.91 Å². The molecule has 0 heterocycles. The number of halogens is 1. The van der Waals surface area contributed by atoms with E-state index in [0.29, 0.717) is 18.8 Å². The maximum atomic E-state index is 12.3. The zero-order chi connectivity index (χ0) is 16.7. The molecule has 0 aliphatic carbocycles. The normalized spacial score (nSPS) is 10.2. The largest absolute Gasteiger partial charge is 0.494 e. The lowest BCUT2D eigenvalue weighted by Crippen LogP contribution is -2.12. The minimum Gasteiger partial charge on any atom is -0.494 e. The van der Waals surface area contributed by atoms with E-state index in [4.69, 9.17) is 9.47 Å². The van der Waals surface area contributed by atoms with Gasteiger partial charge in [0.1, 0.15) is 11.5 Å². The monoisotopic (exact) mass is 377 g/mol. The zero-order valence-corrected chi connectivity index (χ0v) is 14.9. The summed E-state index contributed by atoms with van der Waals surface area (Å²) < 4.78 is 11.7. The molecule has 0 saturated heterocycles. The Bertz CT molecular complexity index is 656. The van der Waals surface area contributed by atoms with Crippen molar-refractivity contribution in [3.8, 4) is 11.5 Å². The molecular weight excluding hydrogens is 358 g/mol. The number of nitrogens with one attached hydrogen (secondary N) is 1. The molecule has 0 aliphatic heterocycles.